The fourth-order valence-electron chi connectivity index (χ4n) is 2.87. The van der Waals surface area contributed by atoms with E-state index in [1.165, 1.54) is 0 Å². The van der Waals surface area contributed by atoms with E-state index in [2.05, 4.69) is 35.8 Å². The van der Waals surface area contributed by atoms with Gasteiger partial charge in [0, 0.05) is 44.0 Å². The van der Waals surface area contributed by atoms with Crippen molar-refractivity contribution in [3.05, 3.63) is 18.0 Å². The van der Waals surface area contributed by atoms with Gasteiger partial charge in [0.05, 0.1) is 19.2 Å². The number of nitrogens with zero attached hydrogens (tertiary/aromatic N) is 4. The van der Waals surface area contributed by atoms with Crippen LogP contribution in [0.15, 0.2) is 12.4 Å². The molecule has 6 heteroatoms. The molecule has 0 saturated carbocycles. The van der Waals surface area contributed by atoms with E-state index in [-0.39, 0.29) is 6.42 Å². The van der Waals surface area contributed by atoms with E-state index in [0.29, 0.717) is 18.5 Å². The first-order chi connectivity index (χ1) is 9.95. The van der Waals surface area contributed by atoms with E-state index in [1.807, 2.05) is 12.4 Å². The normalized spacial score (nSPS) is 21.0. The number of aromatic nitrogens is 2. The molecule has 6 nitrogen and oxygen atoms in total. The summed E-state index contributed by atoms with van der Waals surface area (Å²) in [5.41, 5.74) is 1.16. The molecule has 0 aromatic carbocycles. The molecule has 0 bridgehead atoms. The van der Waals surface area contributed by atoms with Gasteiger partial charge in [0.25, 0.3) is 0 Å². The molecule has 1 aromatic heterocycles. The van der Waals surface area contributed by atoms with Crippen LogP contribution in [0.4, 0.5) is 0 Å². The molecule has 1 aliphatic heterocycles. The van der Waals surface area contributed by atoms with Gasteiger partial charge in [0.15, 0.2) is 0 Å². The van der Waals surface area contributed by atoms with Gasteiger partial charge in [0.1, 0.15) is 0 Å². The number of likely N-dealkylation sites (N-methyl/N-ethyl adjacent to an activating group) is 1. The highest BCUT2D eigenvalue weighted by molar-refractivity contribution is 5.66. The van der Waals surface area contributed by atoms with Crippen molar-refractivity contribution in [1.82, 2.24) is 19.6 Å². The van der Waals surface area contributed by atoms with E-state index in [0.717, 1.165) is 31.7 Å². The van der Waals surface area contributed by atoms with Gasteiger partial charge in [-0.2, -0.15) is 5.10 Å². The highest BCUT2D eigenvalue weighted by Gasteiger charge is 2.27. The number of hydrogen-bond acceptors (Lipinski definition) is 4. The predicted molar refractivity (Wildman–Crippen MR) is 81.0 cm³/mol. The quantitative estimate of drug-likeness (QED) is 0.852. The molecule has 1 saturated heterocycles. The van der Waals surface area contributed by atoms with Crippen molar-refractivity contribution in [2.24, 2.45) is 5.92 Å². The zero-order valence-electron chi connectivity index (χ0n) is 13.2. The van der Waals surface area contributed by atoms with E-state index < -0.39 is 5.97 Å². The fraction of sp³-hybridized carbons (Fsp3) is 0.733. The summed E-state index contributed by atoms with van der Waals surface area (Å²) in [7, 11) is 2.18. The average Bonchev–Trinajstić information content (AvgIpc) is 2.86. The Hall–Kier alpha value is -1.40. The van der Waals surface area contributed by atoms with Crippen molar-refractivity contribution in [3.63, 3.8) is 0 Å². The molecule has 0 aliphatic carbocycles. The van der Waals surface area contributed by atoms with Crippen LogP contribution in [0.1, 0.15) is 25.8 Å². The van der Waals surface area contributed by atoms with Crippen LogP contribution in [0, 0.1) is 5.92 Å². The van der Waals surface area contributed by atoms with Gasteiger partial charge in [-0.15, -0.1) is 0 Å². The maximum Gasteiger partial charge on any atom is 0.305 e. The first-order valence-electron chi connectivity index (χ1n) is 7.61. The SMILES string of the molecule is CC(C)[C@H]1CN(C)CCN1Cc1cnn(CCC(=O)O)c1. The van der Waals surface area contributed by atoms with E-state index >= 15 is 0 Å². The largest absolute Gasteiger partial charge is 0.481 e. The molecule has 2 heterocycles. The highest BCUT2D eigenvalue weighted by atomic mass is 16.4. The molecule has 21 heavy (non-hydrogen) atoms. The smallest absolute Gasteiger partial charge is 0.305 e. The molecule has 0 spiro atoms. The van der Waals surface area contributed by atoms with Crippen molar-refractivity contribution in [2.45, 2.75) is 39.4 Å². The number of hydrogen-bond donors (Lipinski definition) is 1. The van der Waals surface area contributed by atoms with Crippen molar-refractivity contribution >= 4 is 5.97 Å². The fourth-order valence-corrected chi connectivity index (χ4v) is 2.87. The Kier molecular flexibility index (Phi) is 5.36. The van der Waals surface area contributed by atoms with Crippen LogP contribution in [-0.2, 0) is 17.9 Å². The summed E-state index contributed by atoms with van der Waals surface area (Å²) in [6, 6.07) is 0.561. The summed E-state index contributed by atoms with van der Waals surface area (Å²) in [6.07, 6.45) is 3.94. The molecule has 0 unspecified atom stereocenters. The summed E-state index contributed by atoms with van der Waals surface area (Å²) in [5, 5.41) is 13.0. The van der Waals surface area contributed by atoms with Crippen molar-refractivity contribution < 1.29 is 9.90 Å². The number of carbonyl (C=O) groups is 1. The van der Waals surface area contributed by atoms with E-state index in [4.69, 9.17) is 5.11 Å². The first kappa shape index (κ1) is 16.0. The monoisotopic (exact) mass is 294 g/mol. The minimum atomic E-state index is -0.786. The molecule has 1 aromatic rings. The molecule has 1 N–H and O–H groups in total. The Balaban J connectivity index is 1.95. The topological polar surface area (TPSA) is 61.6 Å². The molecule has 1 atom stereocenters. The molecule has 2 rings (SSSR count). The molecule has 118 valence electrons. The number of aliphatic carboxylic acids is 1. The lowest BCUT2D eigenvalue weighted by molar-refractivity contribution is -0.137. The number of aryl methyl sites for hydroxylation is 1. The Morgan fingerprint density at radius 1 is 1.48 bits per heavy atom. The van der Waals surface area contributed by atoms with Crippen molar-refractivity contribution in [1.29, 1.82) is 0 Å². The zero-order chi connectivity index (χ0) is 15.4. The Morgan fingerprint density at radius 2 is 2.24 bits per heavy atom. The minimum Gasteiger partial charge on any atom is -0.481 e. The van der Waals surface area contributed by atoms with Crippen LogP contribution < -0.4 is 0 Å². The van der Waals surface area contributed by atoms with Crippen LogP contribution in [0.25, 0.3) is 0 Å². The van der Waals surface area contributed by atoms with Crippen LogP contribution >= 0.6 is 0 Å². The Labute approximate surface area is 126 Å². The van der Waals surface area contributed by atoms with Crippen LogP contribution in [0.3, 0.4) is 0 Å². The summed E-state index contributed by atoms with van der Waals surface area (Å²) in [6.45, 7) is 9.14. The number of piperazine rings is 1. The van der Waals surface area contributed by atoms with Crippen molar-refractivity contribution in [2.75, 3.05) is 26.7 Å². The third-order valence-corrected chi connectivity index (χ3v) is 4.13. The maximum atomic E-state index is 10.6. The summed E-state index contributed by atoms with van der Waals surface area (Å²) in [4.78, 5) is 15.5. The highest BCUT2D eigenvalue weighted by Crippen LogP contribution is 2.19. The zero-order valence-corrected chi connectivity index (χ0v) is 13.2. The van der Waals surface area contributed by atoms with Crippen LogP contribution in [-0.4, -0.2) is 63.4 Å². The number of rotatable bonds is 6. The summed E-state index contributed by atoms with van der Waals surface area (Å²) >= 11 is 0. The van der Waals surface area contributed by atoms with Gasteiger partial charge in [-0.3, -0.25) is 14.4 Å². The predicted octanol–water partition coefficient (Wildman–Crippen LogP) is 1.13. The Bertz CT molecular complexity index is 472. The van der Waals surface area contributed by atoms with E-state index in [9.17, 15) is 4.79 Å². The standard InChI is InChI=1S/C15H26N4O2/c1-12(2)14-11-17(3)6-7-18(14)9-13-8-16-19(10-13)5-4-15(20)21/h8,10,12,14H,4-7,9,11H2,1-3H3,(H,20,21)/t14-/m1/s1. The summed E-state index contributed by atoms with van der Waals surface area (Å²) in [5.74, 6) is -0.166. The maximum absolute atomic E-state index is 10.6. The molecule has 0 amide bonds. The number of carboxylic acids is 1. The van der Waals surface area contributed by atoms with Gasteiger partial charge in [-0.05, 0) is 13.0 Å². The third-order valence-electron chi connectivity index (χ3n) is 4.13. The van der Waals surface area contributed by atoms with E-state index in [1.54, 1.807) is 4.68 Å². The summed E-state index contributed by atoms with van der Waals surface area (Å²) < 4.78 is 1.73. The Morgan fingerprint density at radius 3 is 2.90 bits per heavy atom. The molecular weight excluding hydrogens is 268 g/mol. The molecule has 1 fully saturated rings. The molecular formula is C15H26N4O2. The van der Waals surface area contributed by atoms with Crippen LogP contribution in [0.2, 0.25) is 0 Å². The molecule has 0 radical (unpaired) electrons. The van der Waals surface area contributed by atoms with Crippen LogP contribution in [0.5, 0.6) is 0 Å². The average molecular weight is 294 g/mol. The second-order valence-electron chi connectivity index (χ2n) is 6.30. The van der Waals surface area contributed by atoms with Gasteiger partial charge in [-0.25, -0.2) is 0 Å². The third kappa shape index (κ3) is 4.54. The van der Waals surface area contributed by atoms with Gasteiger partial charge >= 0.3 is 5.97 Å². The lowest BCUT2D eigenvalue weighted by atomic mass is 9.99. The van der Waals surface area contributed by atoms with Gasteiger partial charge in [-0.1, -0.05) is 13.8 Å². The first-order valence-corrected chi connectivity index (χ1v) is 7.61. The lowest BCUT2D eigenvalue weighted by Crippen LogP contribution is -2.53. The second-order valence-corrected chi connectivity index (χ2v) is 6.30. The van der Waals surface area contributed by atoms with Crippen molar-refractivity contribution in [3.8, 4) is 0 Å². The molecule has 1 aliphatic rings. The minimum absolute atomic E-state index is 0.115. The second kappa shape index (κ2) is 7.04. The lowest BCUT2D eigenvalue weighted by Gasteiger charge is -2.42. The van der Waals surface area contributed by atoms with Gasteiger partial charge in [0.2, 0.25) is 0 Å². The van der Waals surface area contributed by atoms with Gasteiger partial charge < -0.3 is 10.0 Å². The number of carboxylic acid groups (broad SMARTS) is 1.